The molecule has 0 aromatic heterocycles. The molecule has 2 aromatic rings. The summed E-state index contributed by atoms with van der Waals surface area (Å²) in [6.45, 7) is 17.7. The monoisotopic (exact) mass is 429 g/mol. The fourth-order valence-corrected chi connectivity index (χ4v) is 5.29. The maximum Gasteiger partial charge on any atom is 0.0366 e. The Kier molecular flexibility index (Phi) is 8.54. The van der Waals surface area contributed by atoms with E-state index in [4.69, 9.17) is 0 Å². The van der Waals surface area contributed by atoms with Crippen molar-refractivity contribution in [1.82, 2.24) is 5.32 Å². The fourth-order valence-electron chi connectivity index (χ4n) is 5.29. The van der Waals surface area contributed by atoms with Gasteiger partial charge in [-0.05, 0) is 78.2 Å². The summed E-state index contributed by atoms with van der Waals surface area (Å²) in [7, 11) is 0. The van der Waals surface area contributed by atoms with E-state index in [1.165, 1.54) is 42.4 Å². The van der Waals surface area contributed by atoms with Gasteiger partial charge in [0, 0.05) is 12.1 Å². The molecule has 0 aliphatic carbocycles. The van der Waals surface area contributed by atoms with E-state index in [-0.39, 0.29) is 5.41 Å². The second-order valence-corrected chi connectivity index (χ2v) is 10.3. The summed E-state index contributed by atoms with van der Waals surface area (Å²) in [5.74, 6) is 0. The van der Waals surface area contributed by atoms with Crippen LogP contribution >= 0.6 is 0 Å². The van der Waals surface area contributed by atoms with Gasteiger partial charge < -0.3 is 5.32 Å². The van der Waals surface area contributed by atoms with E-state index < -0.39 is 0 Å². The molecule has 1 nitrogen and oxygen atoms in total. The van der Waals surface area contributed by atoms with E-state index in [0.717, 1.165) is 31.3 Å². The zero-order valence-electron chi connectivity index (χ0n) is 20.8. The molecule has 1 heterocycles. The van der Waals surface area contributed by atoms with Crippen molar-refractivity contribution in [3.05, 3.63) is 95.1 Å². The van der Waals surface area contributed by atoms with Gasteiger partial charge in [0.1, 0.15) is 0 Å². The molecule has 0 saturated heterocycles. The van der Waals surface area contributed by atoms with Crippen molar-refractivity contribution in [3.63, 3.8) is 0 Å². The van der Waals surface area contributed by atoms with Crippen LogP contribution in [0.4, 0.5) is 0 Å². The summed E-state index contributed by atoms with van der Waals surface area (Å²) < 4.78 is 0. The van der Waals surface area contributed by atoms with Crippen LogP contribution in [0.3, 0.4) is 0 Å². The first-order valence-electron chi connectivity index (χ1n) is 12.6. The van der Waals surface area contributed by atoms with E-state index in [9.17, 15) is 0 Å². The normalized spacial score (nSPS) is 18.2. The smallest absolute Gasteiger partial charge is 0.0366 e. The summed E-state index contributed by atoms with van der Waals surface area (Å²) in [6.07, 6.45) is 11.1. The lowest BCUT2D eigenvalue weighted by Crippen LogP contribution is -2.48. The van der Waals surface area contributed by atoms with Crippen molar-refractivity contribution in [2.45, 2.75) is 91.1 Å². The van der Waals surface area contributed by atoms with Gasteiger partial charge in [0.15, 0.2) is 0 Å². The van der Waals surface area contributed by atoms with Crippen molar-refractivity contribution in [3.8, 4) is 0 Å². The third-order valence-corrected chi connectivity index (χ3v) is 7.39. The van der Waals surface area contributed by atoms with Crippen molar-refractivity contribution in [2.24, 2.45) is 5.41 Å². The predicted octanol–water partition coefficient (Wildman–Crippen LogP) is 7.94. The molecule has 32 heavy (non-hydrogen) atoms. The van der Waals surface area contributed by atoms with Crippen LogP contribution in [0, 0.1) is 5.41 Å². The highest BCUT2D eigenvalue weighted by Gasteiger charge is 2.36. The second-order valence-electron chi connectivity index (χ2n) is 10.3. The van der Waals surface area contributed by atoms with Gasteiger partial charge in [-0.2, -0.15) is 0 Å². The Morgan fingerprint density at radius 1 is 1.09 bits per heavy atom. The van der Waals surface area contributed by atoms with Crippen LogP contribution in [0.1, 0.15) is 87.2 Å². The van der Waals surface area contributed by atoms with Crippen LogP contribution in [0.2, 0.25) is 0 Å². The summed E-state index contributed by atoms with van der Waals surface area (Å²) >= 11 is 0. The zero-order valence-corrected chi connectivity index (χ0v) is 20.8. The number of rotatable bonds is 11. The molecular formula is C31H43N. The van der Waals surface area contributed by atoms with Crippen LogP contribution in [0.5, 0.6) is 0 Å². The van der Waals surface area contributed by atoms with Crippen LogP contribution in [0.15, 0.2) is 67.3 Å². The van der Waals surface area contributed by atoms with Gasteiger partial charge >= 0.3 is 0 Å². The van der Waals surface area contributed by atoms with Gasteiger partial charge in [-0.15, -0.1) is 0 Å². The van der Waals surface area contributed by atoms with E-state index in [1.807, 2.05) is 6.08 Å². The van der Waals surface area contributed by atoms with Crippen LogP contribution in [-0.2, 0) is 25.7 Å². The highest BCUT2D eigenvalue weighted by molar-refractivity contribution is 5.43. The number of hydrogen-bond acceptors (Lipinski definition) is 1. The third kappa shape index (κ3) is 6.01. The Morgan fingerprint density at radius 2 is 1.84 bits per heavy atom. The molecule has 1 aliphatic rings. The standard InChI is InChI=1S/C31H43N/c1-7-14-26-20-27-22-30(31(5,6)18-13-17-24-15-11-10-12-16-24)32-29(19-23(4)8-2)28(27)21-25(26)9-3/h8,10-12,15-16,20-21,29-30,32H,2,4,7,9,13-14,17-19,22H2,1,3,5-6H3. The minimum Gasteiger partial charge on any atom is -0.306 e. The average molecular weight is 430 g/mol. The van der Waals surface area contributed by atoms with Crippen LogP contribution in [0.25, 0.3) is 0 Å². The van der Waals surface area contributed by atoms with E-state index >= 15 is 0 Å². The lowest BCUT2D eigenvalue weighted by molar-refractivity contribution is 0.190. The maximum absolute atomic E-state index is 4.24. The number of fused-ring (bicyclic) bond motifs is 1. The number of benzene rings is 2. The second kappa shape index (κ2) is 11.1. The Bertz CT molecular complexity index is 906. The Morgan fingerprint density at radius 3 is 2.50 bits per heavy atom. The first kappa shape index (κ1) is 24.5. The quantitative estimate of drug-likeness (QED) is 0.357. The molecule has 2 atom stereocenters. The lowest BCUT2D eigenvalue weighted by Gasteiger charge is -2.43. The molecule has 1 aliphatic heterocycles. The molecule has 1 N–H and O–H groups in total. The van der Waals surface area contributed by atoms with Crippen molar-refractivity contribution in [2.75, 3.05) is 0 Å². The fraction of sp³-hybridized carbons (Fsp3) is 0.484. The maximum atomic E-state index is 4.24. The molecule has 0 fully saturated rings. The number of hydrogen-bond donors (Lipinski definition) is 1. The number of nitrogens with one attached hydrogen (secondary N) is 1. The number of aryl methyl sites for hydroxylation is 3. The van der Waals surface area contributed by atoms with Crippen molar-refractivity contribution in [1.29, 1.82) is 0 Å². The molecule has 3 rings (SSSR count). The highest BCUT2D eigenvalue weighted by atomic mass is 15.0. The van der Waals surface area contributed by atoms with E-state index in [1.54, 1.807) is 11.1 Å². The summed E-state index contributed by atoms with van der Waals surface area (Å²) in [4.78, 5) is 0. The molecule has 0 saturated carbocycles. The Balaban J connectivity index is 1.82. The van der Waals surface area contributed by atoms with Gasteiger partial charge in [0.25, 0.3) is 0 Å². The minimum atomic E-state index is 0.231. The first-order valence-corrected chi connectivity index (χ1v) is 12.6. The molecule has 0 spiro atoms. The van der Waals surface area contributed by atoms with Gasteiger partial charge in [0.05, 0.1) is 0 Å². The third-order valence-electron chi connectivity index (χ3n) is 7.39. The molecular weight excluding hydrogens is 386 g/mol. The molecule has 0 radical (unpaired) electrons. The van der Waals surface area contributed by atoms with Crippen LogP contribution in [-0.4, -0.2) is 6.04 Å². The van der Waals surface area contributed by atoms with Gasteiger partial charge in [-0.25, -0.2) is 0 Å². The summed E-state index contributed by atoms with van der Waals surface area (Å²) in [5, 5.41) is 4.06. The molecule has 2 unspecified atom stereocenters. The van der Waals surface area contributed by atoms with Gasteiger partial charge in [-0.3, -0.25) is 0 Å². The Hall–Kier alpha value is -2.12. The predicted molar refractivity (Wildman–Crippen MR) is 140 cm³/mol. The lowest BCUT2D eigenvalue weighted by atomic mass is 9.72. The van der Waals surface area contributed by atoms with Crippen LogP contribution < -0.4 is 5.32 Å². The van der Waals surface area contributed by atoms with Crippen molar-refractivity contribution < 1.29 is 0 Å². The summed E-state index contributed by atoms with van der Waals surface area (Å²) in [6, 6.07) is 16.7. The zero-order chi connectivity index (χ0) is 23.1. The molecule has 1 heteroatoms. The Labute approximate surface area is 197 Å². The minimum absolute atomic E-state index is 0.231. The van der Waals surface area contributed by atoms with E-state index in [0.29, 0.717) is 12.1 Å². The summed E-state index contributed by atoms with van der Waals surface area (Å²) in [5.41, 5.74) is 8.90. The largest absolute Gasteiger partial charge is 0.306 e. The SMILES string of the molecule is C=CC(=C)CC1NC(C(C)(C)CCCc2ccccc2)Cc2cc(CCC)c(CC)cc21. The topological polar surface area (TPSA) is 12.0 Å². The molecule has 172 valence electrons. The molecule has 2 aromatic carbocycles. The number of allylic oxidation sites excluding steroid dienone is 1. The van der Waals surface area contributed by atoms with E-state index in [2.05, 4.69) is 88.6 Å². The highest BCUT2D eigenvalue weighted by Crippen LogP contribution is 2.39. The van der Waals surface area contributed by atoms with Crippen molar-refractivity contribution >= 4 is 0 Å². The molecule has 0 amide bonds. The van der Waals surface area contributed by atoms with Gasteiger partial charge in [-0.1, -0.05) is 101 Å². The molecule has 0 bridgehead atoms. The average Bonchev–Trinajstić information content (AvgIpc) is 2.79. The van der Waals surface area contributed by atoms with Gasteiger partial charge in [0.2, 0.25) is 0 Å². The first-order chi connectivity index (χ1) is 15.4.